The minimum absolute atomic E-state index is 0.0313. The number of benzene rings is 1. The minimum atomic E-state index is -1.03. The maximum absolute atomic E-state index is 11.1. The van der Waals surface area contributed by atoms with Gasteiger partial charge in [0.05, 0.1) is 0 Å². The average molecular weight is 326 g/mol. The van der Waals surface area contributed by atoms with Gasteiger partial charge in [-0.2, -0.15) is 0 Å². The van der Waals surface area contributed by atoms with E-state index in [1.54, 1.807) is 0 Å². The molecule has 0 saturated carbocycles. The van der Waals surface area contributed by atoms with Crippen molar-refractivity contribution >= 4 is 17.6 Å². The van der Waals surface area contributed by atoms with E-state index in [2.05, 4.69) is 58.7 Å². The molecule has 0 amide bonds. The summed E-state index contributed by atoms with van der Waals surface area (Å²) in [6, 6.07) is 8.15. The van der Waals surface area contributed by atoms with E-state index in [4.69, 9.17) is 5.11 Å². The largest absolute Gasteiger partial charge is 0.477 e. The number of hydrogen-bond acceptors (Lipinski definition) is 5. The van der Waals surface area contributed by atoms with Gasteiger partial charge in [0.2, 0.25) is 5.95 Å². The molecule has 1 N–H and O–H groups in total. The molecule has 1 unspecified atom stereocenters. The van der Waals surface area contributed by atoms with Gasteiger partial charge >= 0.3 is 5.97 Å². The fraction of sp³-hybridized carbons (Fsp3) is 0.389. The molecule has 1 atom stereocenters. The number of carboxylic acid groups (broad SMARTS) is 1. The molecule has 1 saturated heterocycles. The zero-order chi connectivity index (χ0) is 17.3. The third-order valence-electron chi connectivity index (χ3n) is 4.60. The molecule has 3 rings (SSSR count). The summed E-state index contributed by atoms with van der Waals surface area (Å²) in [7, 11) is 0. The molecule has 6 nitrogen and oxygen atoms in total. The second kappa shape index (κ2) is 6.47. The highest BCUT2D eigenvalue weighted by Crippen LogP contribution is 2.23. The highest BCUT2D eigenvalue weighted by Gasteiger charge is 2.26. The molecule has 1 aromatic carbocycles. The zero-order valence-corrected chi connectivity index (χ0v) is 14.2. The van der Waals surface area contributed by atoms with Gasteiger partial charge in [0.1, 0.15) is 0 Å². The van der Waals surface area contributed by atoms with Crippen molar-refractivity contribution in [2.45, 2.75) is 26.8 Å². The predicted molar refractivity (Wildman–Crippen MR) is 93.9 cm³/mol. The van der Waals surface area contributed by atoms with Crippen molar-refractivity contribution in [3.8, 4) is 0 Å². The van der Waals surface area contributed by atoms with Crippen LogP contribution in [0.1, 0.15) is 28.5 Å². The highest BCUT2D eigenvalue weighted by atomic mass is 16.4. The molecular formula is C18H22N4O2. The lowest BCUT2D eigenvalue weighted by atomic mass is 10.1. The first-order valence-electron chi connectivity index (χ1n) is 8.11. The van der Waals surface area contributed by atoms with Crippen LogP contribution < -0.4 is 9.80 Å². The molecule has 0 spiro atoms. The lowest BCUT2D eigenvalue weighted by Gasteiger charge is -2.41. The summed E-state index contributed by atoms with van der Waals surface area (Å²) in [5.74, 6) is -0.540. The summed E-state index contributed by atoms with van der Waals surface area (Å²) in [4.78, 5) is 23.9. The summed E-state index contributed by atoms with van der Waals surface area (Å²) in [5, 5.41) is 9.10. The van der Waals surface area contributed by atoms with Crippen LogP contribution >= 0.6 is 0 Å². The zero-order valence-electron chi connectivity index (χ0n) is 14.2. The molecule has 2 aromatic rings. The van der Waals surface area contributed by atoms with Crippen LogP contribution in [0.15, 0.2) is 30.5 Å². The molecule has 6 heteroatoms. The molecule has 1 aromatic heterocycles. The molecular weight excluding hydrogens is 304 g/mol. The second-order valence-electron chi connectivity index (χ2n) is 6.30. The molecule has 24 heavy (non-hydrogen) atoms. The summed E-state index contributed by atoms with van der Waals surface area (Å²) in [6.07, 6.45) is 1.51. The highest BCUT2D eigenvalue weighted by molar-refractivity contribution is 5.85. The summed E-state index contributed by atoms with van der Waals surface area (Å²) < 4.78 is 0. The fourth-order valence-electron chi connectivity index (χ4n) is 3.02. The van der Waals surface area contributed by atoms with E-state index in [0.29, 0.717) is 5.95 Å². The average Bonchev–Trinajstić information content (AvgIpc) is 2.57. The molecule has 1 aliphatic heterocycles. The van der Waals surface area contributed by atoms with Gasteiger partial charge in [-0.05, 0) is 50.1 Å². The number of carboxylic acids is 1. The van der Waals surface area contributed by atoms with Crippen molar-refractivity contribution in [3.63, 3.8) is 0 Å². The smallest absolute Gasteiger partial charge is 0.354 e. The van der Waals surface area contributed by atoms with Crippen LogP contribution in [-0.2, 0) is 0 Å². The molecule has 2 heterocycles. The predicted octanol–water partition coefficient (Wildman–Crippen LogP) is 2.51. The molecule has 0 bridgehead atoms. The van der Waals surface area contributed by atoms with Crippen LogP contribution in [0.25, 0.3) is 0 Å². The minimum Gasteiger partial charge on any atom is -0.477 e. The summed E-state index contributed by atoms with van der Waals surface area (Å²) >= 11 is 0. The van der Waals surface area contributed by atoms with Crippen LogP contribution in [0.3, 0.4) is 0 Å². The van der Waals surface area contributed by atoms with Crippen LogP contribution in [0.2, 0.25) is 0 Å². The van der Waals surface area contributed by atoms with Gasteiger partial charge in [0.15, 0.2) is 5.69 Å². The van der Waals surface area contributed by atoms with E-state index in [1.165, 1.54) is 29.1 Å². The van der Waals surface area contributed by atoms with E-state index in [1.807, 2.05) is 0 Å². The maximum atomic E-state index is 11.1. The van der Waals surface area contributed by atoms with E-state index in [0.717, 1.165) is 19.6 Å². The monoisotopic (exact) mass is 326 g/mol. The lowest BCUT2D eigenvalue weighted by Crippen LogP contribution is -2.52. The van der Waals surface area contributed by atoms with Gasteiger partial charge in [-0.3, -0.25) is 0 Å². The first kappa shape index (κ1) is 16.2. The second-order valence-corrected chi connectivity index (χ2v) is 6.30. The van der Waals surface area contributed by atoms with Crippen LogP contribution in [0.4, 0.5) is 11.6 Å². The maximum Gasteiger partial charge on any atom is 0.354 e. The first-order chi connectivity index (χ1) is 11.5. The molecule has 1 aliphatic rings. The number of hydrogen-bond donors (Lipinski definition) is 1. The van der Waals surface area contributed by atoms with Crippen LogP contribution in [0, 0.1) is 13.8 Å². The Morgan fingerprint density at radius 3 is 2.67 bits per heavy atom. The number of nitrogens with zero attached hydrogens (tertiary/aromatic N) is 4. The van der Waals surface area contributed by atoms with E-state index < -0.39 is 5.97 Å². The Morgan fingerprint density at radius 2 is 2.00 bits per heavy atom. The number of rotatable bonds is 3. The first-order valence-corrected chi connectivity index (χ1v) is 8.11. The van der Waals surface area contributed by atoms with Gasteiger partial charge in [-0.1, -0.05) is 6.07 Å². The van der Waals surface area contributed by atoms with Crippen molar-refractivity contribution in [2.75, 3.05) is 29.4 Å². The van der Waals surface area contributed by atoms with Crippen molar-refractivity contribution in [2.24, 2.45) is 0 Å². The normalized spacial score (nSPS) is 17.9. The van der Waals surface area contributed by atoms with Gasteiger partial charge in [0.25, 0.3) is 0 Å². The Balaban J connectivity index is 1.76. The molecule has 1 fully saturated rings. The van der Waals surface area contributed by atoms with Gasteiger partial charge in [-0.25, -0.2) is 14.8 Å². The fourth-order valence-corrected chi connectivity index (χ4v) is 3.02. The number of aromatic carboxylic acids is 1. The van der Waals surface area contributed by atoms with Crippen LogP contribution in [-0.4, -0.2) is 46.7 Å². The number of anilines is 2. The van der Waals surface area contributed by atoms with Crippen molar-refractivity contribution in [3.05, 3.63) is 47.3 Å². The van der Waals surface area contributed by atoms with Crippen molar-refractivity contribution in [1.29, 1.82) is 0 Å². The van der Waals surface area contributed by atoms with Crippen molar-refractivity contribution in [1.82, 2.24) is 9.97 Å². The molecule has 0 radical (unpaired) electrons. The molecule has 126 valence electrons. The summed E-state index contributed by atoms with van der Waals surface area (Å²) in [6.45, 7) is 8.83. The van der Waals surface area contributed by atoms with Gasteiger partial charge < -0.3 is 14.9 Å². The summed E-state index contributed by atoms with van der Waals surface area (Å²) in [5.41, 5.74) is 3.85. The van der Waals surface area contributed by atoms with E-state index >= 15 is 0 Å². The van der Waals surface area contributed by atoms with Gasteiger partial charge in [0, 0.05) is 37.6 Å². The number of aromatic nitrogens is 2. The number of piperazine rings is 1. The van der Waals surface area contributed by atoms with E-state index in [-0.39, 0.29) is 11.7 Å². The number of carbonyl (C=O) groups is 1. The SMILES string of the molecule is Cc1ccc(N2CCN(c3nccc(C(=O)O)n3)C(C)C2)cc1C. The molecule has 0 aliphatic carbocycles. The standard InChI is InChI=1S/C18H22N4O2/c1-12-4-5-15(10-13(12)2)21-8-9-22(14(3)11-21)18-19-7-6-16(20-18)17(23)24/h4-7,10,14H,8-9,11H2,1-3H3,(H,23,24). The lowest BCUT2D eigenvalue weighted by molar-refractivity contribution is 0.0690. The third-order valence-corrected chi connectivity index (χ3v) is 4.60. The van der Waals surface area contributed by atoms with Crippen LogP contribution in [0.5, 0.6) is 0 Å². The quantitative estimate of drug-likeness (QED) is 0.934. The number of aryl methyl sites for hydroxylation is 2. The van der Waals surface area contributed by atoms with Gasteiger partial charge in [-0.15, -0.1) is 0 Å². The van der Waals surface area contributed by atoms with Crippen molar-refractivity contribution < 1.29 is 9.90 Å². The Bertz CT molecular complexity index is 762. The Hall–Kier alpha value is -2.63. The Kier molecular flexibility index (Phi) is 4.38. The topological polar surface area (TPSA) is 69.6 Å². The Morgan fingerprint density at radius 1 is 1.21 bits per heavy atom. The third kappa shape index (κ3) is 3.18. The Labute approximate surface area is 141 Å². The van der Waals surface area contributed by atoms with E-state index in [9.17, 15) is 4.79 Å².